The Morgan fingerprint density at radius 3 is 2.70 bits per heavy atom. The summed E-state index contributed by atoms with van der Waals surface area (Å²) in [5.41, 5.74) is 7.67. The van der Waals surface area contributed by atoms with Crippen LogP contribution in [0.1, 0.15) is 26.3 Å². The molecule has 0 spiro atoms. The van der Waals surface area contributed by atoms with Gasteiger partial charge in [0.15, 0.2) is 4.77 Å². The molecule has 0 radical (unpaired) electrons. The van der Waals surface area contributed by atoms with E-state index in [1.165, 1.54) is 7.11 Å². The van der Waals surface area contributed by atoms with Gasteiger partial charge in [0.25, 0.3) is 5.56 Å². The van der Waals surface area contributed by atoms with E-state index in [2.05, 4.69) is 20.4 Å². The number of aromatic nitrogens is 2. The van der Waals surface area contributed by atoms with E-state index in [1.807, 2.05) is 45.0 Å². The molecule has 0 fully saturated rings. The molecule has 1 heterocycles. The van der Waals surface area contributed by atoms with Crippen LogP contribution in [-0.2, 0) is 4.84 Å². The zero-order chi connectivity index (χ0) is 17.4. The van der Waals surface area contributed by atoms with Crippen molar-refractivity contribution in [2.45, 2.75) is 20.8 Å². The molecular weight excluding hydrogens is 314 g/mol. The molecule has 8 heteroatoms. The summed E-state index contributed by atoms with van der Waals surface area (Å²) in [7, 11) is 1.49. The molecule has 23 heavy (non-hydrogen) atoms. The number of nitrogens with one attached hydrogen (secondary N) is 3. The van der Waals surface area contributed by atoms with E-state index in [0.29, 0.717) is 5.82 Å². The highest BCUT2D eigenvalue weighted by atomic mass is 32.1. The summed E-state index contributed by atoms with van der Waals surface area (Å²) in [6.45, 7) is 5.83. The molecule has 1 aromatic heterocycles. The first kappa shape index (κ1) is 18.4. The lowest BCUT2D eigenvalue weighted by molar-refractivity contribution is 0.213. The highest BCUT2D eigenvalue weighted by Crippen LogP contribution is 2.19. The average molecular weight is 335 g/mol. The molecule has 0 unspecified atom stereocenters. The van der Waals surface area contributed by atoms with Gasteiger partial charge in [0.05, 0.1) is 5.71 Å². The molecule has 0 aliphatic carbocycles. The second kappa shape index (κ2) is 8.74. The molecule has 0 aliphatic heterocycles. The van der Waals surface area contributed by atoms with E-state index in [9.17, 15) is 4.79 Å². The molecular formula is C15H21N5O2S. The van der Waals surface area contributed by atoms with Crippen molar-refractivity contribution in [3.8, 4) is 0 Å². The van der Waals surface area contributed by atoms with Gasteiger partial charge in [-0.15, -0.1) is 0 Å². The van der Waals surface area contributed by atoms with Gasteiger partial charge >= 0.3 is 0 Å². The van der Waals surface area contributed by atoms with Crippen molar-refractivity contribution < 1.29 is 4.84 Å². The van der Waals surface area contributed by atoms with Gasteiger partial charge in [0.1, 0.15) is 18.6 Å². The Labute approximate surface area is 139 Å². The molecule has 0 amide bonds. The summed E-state index contributed by atoms with van der Waals surface area (Å²) in [5, 5.41) is 6.90. The van der Waals surface area contributed by atoms with Gasteiger partial charge in [-0.1, -0.05) is 31.1 Å². The minimum absolute atomic E-state index is 0.0382. The van der Waals surface area contributed by atoms with Crippen molar-refractivity contribution in [2.24, 2.45) is 5.16 Å². The fourth-order valence-electron chi connectivity index (χ4n) is 1.75. The summed E-state index contributed by atoms with van der Waals surface area (Å²) in [4.78, 5) is 21.5. The van der Waals surface area contributed by atoms with E-state index in [-0.39, 0.29) is 10.5 Å². The molecule has 0 aliphatic rings. The SMILES string of the molecule is CC.CO/N=C(\C)c1cccc(Nc2[nH]c(=S)[nH]c(=O)c2N)c1. The molecule has 7 nitrogen and oxygen atoms in total. The minimum Gasteiger partial charge on any atom is -0.399 e. The molecule has 124 valence electrons. The van der Waals surface area contributed by atoms with Crippen molar-refractivity contribution in [1.29, 1.82) is 0 Å². The van der Waals surface area contributed by atoms with Gasteiger partial charge in [-0.3, -0.25) is 9.78 Å². The quantitative estimate of drug-likeness (QED) is 0.390. The van der Waals surface area contributed by atoms with Gasteiger partial charge in [-0.25, -0.2) is 0 Å². The van der Waals surface area contributed by atoms with Crippen molar-refractivity contribution in [1.82, 2.24) is 9.97 Å². The second-order valence-corrected chi connectivity index (χ2v) is 4.67. The van der Waals surface area contributed by atoms with Crippen LogP contribution >= 0.6 is 12.2 Å². The Morgan fingerprint density at radius 1 is 1.35 bits per heavy atom. The lowest BCUT2D eigenvalue weighted by Crippen LogP contribution is -2.15. The predicted octanol–water partition coefficient (Wildman–Crippen LogP) is 3.15. The number of nitrogen functional groups attached to an aromatic ring is 1. The third-order valence-corrected chi connectivity index (χ3v) is 2.96. The largest absolute Gasteiger partial charge is 0.399 e. The standard InChI is InChI=1S/C13H15N5O2S.C2H6/c1-7(18-20-2)8-4-3-5-9(6-8)15-11-10(14)12(19)17-13(21)16-11;1-2/h3-6H,14H2,1-2H3,(H3,15,16,17,19,21);1-2H3/b18-7+;. The molecule has 0 atom stereocenters. The van der Waals surface area contributed by atoms with E-state index < -0.39 is 5.56 Å². The van der Waals surface area contributed by atoms with E-state index in [0.717, 1.165) is 17.0 Å². The molecule has 2 rings (SSSR count). The fraction of sp³-hybridized carbons (Fsp3) is 0.267. The Bertz CT molecular complexity index is 795. The zero-order valence-electron chi connectivity index (χ0n) is 13.6. The summed E-state index contributed by atoms with van der Waals surface area (Å²) >= 11 is 4.92. The highest BCUT2D eigenvalue weighted by Gasteiger charge is 2.06. The summed E-state index contributed by atoms with van der Waals surface area (Å²) in [5.74, 6) is 0.349. The summed E-state index contributed by atoms with van der Waals surface area (Å²) < 4.78 is 0.199. The number of H-pyrrole nitrogens is 2. The summed E-state index contributed by atoms with van der Waals surface area (Å²) in [6.07, 6.45) is 0. The van der Waals surface area contributed by atoms with E-state index >= 15 is 0 Å². The number of nitrogens with zero attached hydrogens (tertiary/aromatic N) is 1. The van der Waals surface area contributed by atoms with Gasteiger partial charge in [-0.2, -0.15) is 0 Å². The van der Waals surface area contributed by atoms with Crippen LogP contribution in [-0.4, -0.2) is 22.8 Å². The van der Waals surface area contributed by atoms with Crippen LogP contribution in [0.4, 0.5) is 17.2 Å². The fourth-order valence-corrected chi connectivity index (χ4v) is 1.95. The molecule has 5 N–H and O–H groups in total. The van der Waals surface area contributed by atoms with Crippen LogP contribution in [0.5, 0.6) is 0 Å². The minimum atomic E-state index is -0.436. The molecule has 2 aromatic rings. The number of benzene rings is 1. The number of oxime groups is 1. The summed E-state index contributed by atoms with van der Waals surface area (Å²) in [6, 6.07) is 7.44. The maximum absolute atomic E-state index is 11.6. The Hall–Kier alpha value is -2.61. The Kier molecular flexibility index (Phi) is 7.01. The van der Waals surface area contributed by atoms with Crippen molar-refractivity contribution in [3.05, 3.63) is 45.0 Å². The number of hydrogen-bond acceptors (Lipinski definition) is 6. The van der Waals surface area contributed by atoms with Crippen LogP contribution in [0.2, 0.25) is 0 Å². The smallest absolute Gasteiger partial charge is 0.277 e. The topological polar surface area (TPSA) is 108 Å². The molecule has 0 bridgehead atoms. The monoisotopic (exact) mass is 335 g/mol. The van der Waals surface area contributed by atoms with E-state index in [4.69, 9.17) is 22.8 Å². The molecule has 0 saturated heterocycles. The number of nitrogens with two attached hydrogens (primary N) is 1. The van der Waals surface area contributed by atoms with Crippen LogP contribution in [0.25, 0.3) is 0 Å². The average Bonchev–Trinajstić information content (AvgIpc) is 2.54. The Balaban J connectivity index is 0.00000127. The normalized spacial score (nSPS) is 10.5. The molecule has 0 saturated carbocycles. The van der Waals surface area contributed by atoms with Crippen LogP contribution in [0.3, 0.4) is 0 Å². The lowest BCUT2D eigenvalue weighted by atomic mass is 10.1. The van der Waals surface area contributed by atoms with Crippen LogP contribution < -0.4 is 16.6 Å². The number of hydrogen-bond donors (Lipinski definition) is 4. The van der Waals surface area contributed by atoms with Gasteiger partial charge in [-0.05, 0) is 31.3 Å². The van der Waals surface area contributed by atoms with Crippen LogP contribution in [0.15, 0.2) is 34.2 Å². The lowest BCUT2D eigenvalue weighted by Gasteiger charge is -2.09. The first-order valence-electron chi connectivity index (χ1n) is 7.08. The van der Waals surface area contributed by atoms with E-state index in [1.54, 1.807) is 0 Å². The number of rotatable bonds is 4. The second-order valence-electron chi connectivity index (χ2n) is 4.26. The van der Waals surface area contributed by atoms with Gasteiger partial charge < -0.3 is 20.9 Å². The maximum atomic E-state index is 11.6. The highest BCUT2D eigenvalue weighted by molar-refractivity contribution is 7.71. The van der Waals surface area contributed by atoms with Crippen LogP contribution in [0, 0.1) is 4.77 Å². The van der Waals surface area contributed by atoms with Crippen molar-refractivity contribution in [3.63, 3.8) is 0 Å². The third kappa shape index (κ3) is 4.96. The zero-order valence-corrected chi connectivity index (χ0v) is 14.4. The van der Waals surface area contributed by atoms with Gasteiger partial charge in [0.2, 0.25) is 0 Å². The predicted molar refractivity (Wildman–Crippen MR) is 97.0 cm³/mol. The maximum Gasteiger partial charge on any atom is 0.277 e. The molecule has 1 aromatic carbocycles. The van der Waals surface area contributed by atoms with Gasteiger partial charge in [0, 0.05) is 11.3 Å². The first-order valence-corrected chi connectivity index (χ1v) is 7.49. The van der Waals surface area contributed by atoms with Crippen molar-refractivity contribution >= 4 is 35.1 Å². The number of anilines is 3. The Morgan fingerprint density at radius 2 is 2.04 bits per heavy atom. The third-order valence-electron chi connectivity index (χ3n) is 2.76. The number of aromatic amines is 2. The first-order chi connectivity index (χ1) is 11.0. The van der Waals surface area contributed by atoms with Crippen molar-refractivity contribution in [2.75, 3.05) is 18.2 Å².